The third kappa shape index (κ3) is 3.54. The van der Waals surface area contributed by atoms with Crippen LogP contribution in [0.2, 0.25) is 10.0 Å². The van der Waals surface area contributed by atoms with Gasteiger partial charge in [0, 0.05) is 27.9 Å². The van der Waals surface area contributed by atoms with E-state index in [1.165, 1.54) is 6.33 Å². The van der Waals surface area contributed by atoms with Gasteiger partial charge in [-0.25, -0.2) is 9.48 Å². The Balaban J connectivity index is 1.69. The molecule has 2 aromatic rings. The van der Waals surface area contributed by atoms with Crippen molar-refractivity contribution in [2.24, 2.45) is 0 Å². The van der Waals surface area contributed by atoms with Gasteiger partial charge in [0.25, 0.3) is 0 Å². The third-order valence-corrected chi connectivity index (χ3v) is 5.26. The number of carbonyl (C=O) groups is 1. The van der Waals surface area contributed by atoms with Gasteiger partial charge in [-0.15, -0.1) is 0 Å². The van der Waals surface area contributed by atoms with E-state index in [9.17, 15) is 4.79 Å². The van der Waals surface area contributed by atoms with E-state index in [2.05, 4.69) is 15.4 Å². The van der Waals surface area contributed by atoms with Gasteiger partial charge in [0.15, 0.2) is 0 Å². The minimum absolute atomic E-state index is 0.0501. The molecule has 1 N–H and O–H groups in total. The molecule has 2 atom stereocenters. The molecule has 2 aliphatic heterocycles. The molecule has 0 saturated carbocycles. The number of nitrogens with zero attached hydrogens (tertiary/aromatic N) is 3. The summed E-state index contributed by atoms with van der Waals surface area (Å²) in [6.45, 7) is 2.73. The van der Waals surface area contributed by atoms with Gasteiger partial charge in [-0.3, -0.25) is 0 Å². The van der Waals surface area contributed by atoms with Crippen molar-refractivity contribution in [2.45, 2.75) is 31.9 Å². The Bertz CT molecular complexity index is 906. The molecule has 27 heavy (non-hydrogen) atoms. The summed E-state index contributed by atoms with van der Waals surface area (Å²) in [6, 6.07) is 4.59. The van der Waals surface area contributed by atoms with Gasteiger partial charge in [-0.05, 0) is 31.9 Å². The maximum atomic E-state index is 13.0. The number of rotatable bonds is 4. The summed E-state index contributed by atoms with van der Waals surface area (Å²) in [4.78, 5) is 17.2. The summed E-state index contributed by atoms with van der Waals surface area (Å²) in [7, 11) is 0. The second-order valence-corrected chi connectivity index (χ2v) is 7.34. The van der Waals surface area contributed by atoms with E-state index in [4.69, 9.17) is 32.7 Å². The summed E-state index contributed by atoms with van der Waals surface area (Å²) < 4.78 is 12.7. The van der Waals surface area contributed by atoms with Crippen LogP contribution in [0.15, 0.2) is 35.8 Å². The van der Waals surface area contributed by atoms with Crippen molar-refractivity contribution in [1.82, 2.24) is 14.8 Å². The molecular weight excluding hydrogens is 391 g/mol. The number of hydrogen-bond donors (Lipinski definition) is 1. The Labute approximate surface area is 166 Å². The van der Waals surface area contributed by atoms with E-state index in [0.29, 0.717) is 39.4 Å². The van der Waals surface area contributed by atoms with Gasteiger partial charge in [-0.2, -0.15) is 10.1 Å². The first-order chi connectivity index (χ1) is 13.0. The summed E-state index contributed by atoms with van der Waals surface area (Å²) in [6.07, 6.45) is 3.25. The molecule has 0 bridgehead atoms. The summed E-state index contributed by atoms with van der Waals surface area (Å²) in [5, 5.41) is 8.32. The normalized spacial score (nSPS) is 21.7. The van der Waals surface area contributed by atoms with E-state index < -0.39 is 12.0 Å². The fourth-order valence-electron chi connectivity index (χ4n) is 3.39. The van der Waals surface area contributed by atoms with Crippen molar-refractivity contribution in [3.05, 3.63) is 51.4 Å². The van der Waals surface area contributed by atoms with Crippen LogP contribution in [0.25, 0.3) is 0 Å². The molecule has 1 saturated heterocycles. The highest BCUT2D eigenvalue weighted by atomic mass is 35.5. The van der Waals surface area contributed by atoms with Gasteiger partial charge >= 0.3 is 5.97 Å². The fourth-order valence-corrected chi connectivity index (χ4v) is 3.90. The second kappa shape index (κ2) is 7.50. The highest BCUT2D eigenvalue weighted by Gasteiger charge is 2.36. The molecule has 0 radical (unpaired) electrons. The van der Waals surface area contributed by atoms with Crippen molar-refractivity contribution in [1.29, 1.82) is 0 Å². The molecule has 0 aliphatic carbocycles. The number of aromatic nitrogens is 3. The van der Waals surface area contributed by atoms with Gasteiger partial charge in [0.1, 0.15) is 19.0 Å². The lowest BCUT2D eigenvalue weighted by molar-refractivity contribution is -0.142. The van der Waals surface area contributed by atoms with Crippen molar-refractivity contribution < 1.29 is 14.3 Å². The molecule has 1 aromatic heterocycles. The Morgan fingerprint density at radius 3 is 3.04 bits per heavy atom. The first-order valence-electron chi connectivity index (χ1n) is 8.65. The molecule has 0 unspecified atom stereocenters. The van der Waals surface area contributed by atoms with Crippen LogP contribution >= 0.6 is 23.2 Å². The zero-order valence-electron chi connectivity index (χ0n) is 14.6. The molecule has 0 spiro atoms. The fraction of sp³-hybridized carbons (Fsp3) is 0.389. The van der Waals surface area contributed by atoms with E-state index >= 15 is 0 Å². The summed E-state index contributed by atoms with van der Waals surface area (Å²) in [5.41, 5.74) is 1.76. The number of fused-ring (bicyclic) bond motifs is 1. The van der Waals surface area contributed by atoms with Crippen LogP contribution in [0, 0.1) is 0 Å². The largest absolute Gasteiger partial charge is 0.459 e. The molecular formula is C18H18Cl2N4O3. The Hall–Kier alpha value is -2.09. The number of ether oxygens (including phenoxy) is 2. The molecule has 1 fully saturated rings. The monoisotopic (exact) mass is 408 g/mol. The van der Waals surface area contributed by atoms with E-state index in [1.807, 2.05) is 0 Å². The van der Waals surface area contributed by atoms with Crippen molar-refractivity contribution in [3.63, 3.8) is 0 Å². The van der Waals surface area contributed by atoms with E-state index in [-0.39, 0.29) is 12.7 Å². The lowest BCUT2D eigenvalue weighted by Gasteiger charge is -2.29. The van der Waals surface area contributed by atoms with Crippen LogP contribution in [0.1, 0.15) is 31.4 Å². The molecule has 142 valence electrons. The van der Waals surface area contributed by atoms with E-state index in [1.54, 1.807) is 29.8 Å². The standard InChI is InChI=1S/C18H18Cl2N4O3/c1-10-15(17(25)27-8-12-3-2-6-26-12)16(24-18(23-10)21-9-22-24)13-5-4-11(19)7-14(13)20/h4-5,7,9,12,16H,2-3,6,8H2,1H3,(H,21,22,23)/t12-,16-/m0/s1. The second-order valence-electron chi connectivity index (χ2n) is 6.49. The molecule has 4 rings (SSSR count). The lowest BCUT2D eigenvalue weighted by atomic mass is 9.95. The minimum Gasteiger partial charge on any atom is -0.459 e. The average Bonchev–Trinajstić information content (AvgIpc) is 3.30. The maximum Gasteiger partial charge on any atom is 0.338 e. The number of halogens is 2. The predicted molar refractivity (Wildman–Crippen MR) is 101 cm³/mol. The maximum absolute atomic E-state index is 13.0. The van der Waals surface area contributed by atoms with Gasteiger partial charge < -0.3 is 14.8 Å². The smallest absolute Gasteiger partial charge is 0.338 e. The van der Waals surface area contributed by atoms with Crippen LogP contribution in [-0.2, 0) is 14.3 Å². The first kappa shape index (κ1) is 18.3. The van der Waals surface area contributed by atoms with Crippen LogP contribution in [0.3, 0.4) is 0 Å². The predicted octanol–water partition coefficient (Wildman–Crippen LogP) is 3.60. The quantitative estimate of drug-likeness (QED) is 0.778. The van der Waals surface area contributed by atoms with Gasteiger partial charge in [0.05, 0.1) is 11.7 Å². The van der Waals surface area contributed by atoms with Gasteiger partial charge in [0.2, 0.25) is 5.95 Å². The number of benzene rings is 1. The number of hydrogen-bond acceptors (Lipinski definition) is 6. The Morgan fingerprint density at radius 2 is 2.30 bits per heavy atom. The number of carbonyl (C=O) groups excluding carboxylic acids is 1. The topological polar surface area (TPSA) is 78.3 Å². The first-order valence-corrected chi connectivity index (χ1v) is 9.41. The van der Waals surface area contributed by atoms with Gasteiger partial charge in [-0.1, -0.05) is 29.3 Å². The number of anilines is 1. The SMILES string of the molecule is CC1=C(C(=O)OC[C@@H]2CCCO2)[C@H](c2ccc(Cl)cc2Cl)n2ncnc2N1. The zero-order valence-corrected chi connectivity index (χ0v) is 16.1. The van der Waals surface area contributed by atoms with Crippen molar-refractivity contribution in [3.8, 4) is 0 Å². The summed E-state index contributed by atoms with van der Waals surface area (Å²) >= 11 is 12.5. The Kier molecular flexibility index (Phi) is 5.08. The summed E-state index contributed by atoms with van der Waals surface area (Å²) in [5.74, 6) is 0.0897. The molecule has 2 aliphatic rings. The molecule has 3 heterocycles. The Morgan fingerprint density at radius 1 is 1.44 bits per heavy atom. The number of allylic oxidation sites excluding steroid dienone is 1. The van der Waals surface area contributed by atoms with Crippen molar-refractivity contribution >= 4 is 35.1 Å². The molecule has 9 heteroatoms. The zero-order chi connectivity index (χ0) is 19.0. The third-order valence-electron chi connectivity index (χ3n) is 4.70. The highest BCUT2D eigenvalue weighted by Crippen LogP contribution is 2.39. The molecule has 7 nitrogen and oxygen atoms in total. The van der Waals surface area contributed by atoms with Crippen molar-refractivity contribution in [2.75, 3.05) is 18.5 Å². The van der Waals surface area contributed by atoms with Crippen LogP contribution < -0.4 is 5.32 Å². The lowest BCUT2D eigenvalue weighted by Crippen LogP contribution is -2.31. The number of nitrogens with one attached hydrogen (secondary N) is 1. The van der Waals surface area contributed by atoms with Crippen LogP contribution in [-0.4, -0.2) is 40.1 Å². The van der Waals surface area contributed by atoms with E-state index in [0.717, 1.165) is 12.8 Å². The minimum atomic E-state index is -0.564. The van der Waals surface area contributed by atoms with Crippen LogP contribution in [0.4, 0.5) is 5.95 Å². The number of esters is 1. The molecule has 1 aromatic carbocycles. The highest BCUT2D eigenvalue weighted by molar-refractivity contribution is 6.35. The molecule has 0 amide bonds. The van der Waals surface area contributed by atoms with Crippen LogP contribution in [0.5, 0.6) is 0 Å². The average molecular weight is 409 g/mol.